The standard InChI is InChI=1S/C18H28N2.ClH/c1-2-4-16-5-3-6-17(13-16)14-20-12-9-18(15-20)7-10-19-11-8-18;/h3,5-6,13,19H,2,4,7-12,14-15H2,1H3;1H. The molecule has 0 amide bonds. The molecule has 3 heteroatoms. The van der Waals surface area contributed by atoms with Crippen LogP contribution in [0.4, 0.5) is 0 Å². The molecular formula is C18H29ClN2. The third-order valence-corrected chi connectivity index (χ3v) is 5.12. The molecule has 2 aliphatic heterocycles. The second-order valence-electron chi connectivity index (χ2n) is 6.78. The number of aryl methyl sites for hydroxylation is 1. The van der Waals surface area contributed by atoms with Crippen LogP contribution in [-0.4, -0.2) is 31.1 Å². The van der Waals surface area contributed by atoms with Gasteiger partial charge in [-0.05, 0) is 61.9 Å². The van der Waals surface area contributed by atoms with Crippen LogP contribution in [0.3, 0.4) is 0 Å². The minimum absolute atomic E-state index is 0. The second kappa shape index (κ2) is 7.62. The van der Waals surface area contributed by atoms with Crippen LogP contribution in [0.15, 0.2) is 24.3 Å². The van der Waals surface area contributed by atoms with Gasteiger partial charge >= 0.3 is 0 Å². The summed E-state index contributed by atoms with van der Waals surface area (Å²) in [5.74, 6) is 0. The van der Waals surface area contributed by atoms with Crippen molar-refractivity contribution in [2.24, 2.45) is 5.41 Å². The van der Waals surface area contributed by atoms with Crippen molar-refractivity contribution in [2.75, 3.05) is 26.2 Å². The third-order valence-electron chi connectivity index (χ3n) is 5.12. The molecule has 2 saturated heterocycles. The highest BCUT2D eigenvalue weighted by molar-refractivity contribution is 5.85. The van der Waals surface area contributed by atoms with Gasteiger partial charge in [-0.1, -0.05) is 37.6 Å². The summed E-state index contributed by atoms with van der Waals surface area (Å²) in [5.41, 5.74) is 3.63. The Hall–Kier alpha value is -0.570. The fourth-order valence-corrected chi connectivity index (χ4v) is 3.96. The first-order valence-electron chi connectivity index (χ1n) is 8.31. The molecule has 1 aromatic carbocycles. The van der Waals surface area contributed by atoms with Gasteiger partial charge in [0.25, 0.3) is 0 Å². The van der Waals surface area contributed by atoms with E-state index in [0.29, 0.717) is 5.41 Å². The maximum Gasteiger partial charge on any atom is 0.0234 e. The SMILES string of the molecule is CCCc1cccc(CN2CCC3(CCNCC3)C2)c1.Cl. The average Bonchev–Trinajstić information content (AvgIpc) is 2.83. The topological polar surface area (TPSA) is 15.3 Å². The van der Waals surface area contributed by atoms with Crippen molar-refractivity contribution in [2.45, 2.75) is 45.6 Å². The maximum atomic E-state index is 3.50. The van der Waals surface area contributed by atoms with Crippen molar-refractivity contribution < 1.29 is 0 Å². The van der Waals surface area contributed by atoms with E-state index < -0.39 is 0 Å². The Morgan fingerprint density at radius 2 is 1.90 bits per heavy atom. The van der Waals surface area contributed by atoms with E-state index >= 15 is 0 Å². The number of rotatable bonds is 4. The molecule has 2 heterocycles. The van der Waals surface area contributed by atoms with Gasteiger partial charge in [0.2, 0.25) is 0 Å². The number of hydrogen-bond acceptors (Lipinski definition) is 2. The number of benzene rings is 1. The van der Waals surface area contributed by atoms with Crippen molar-refractivity contribution in [1.29, 1.82) is 0 Å². The van der Waals surface area contributed by atoms with Crippen LogP contribution in [0.1, 0.15) is 43.7 Å². The Bertz CT molecular complexity index is 441. The van der Waals surface area contributed by atoms with E-state index in [-0.39, 0.29) is 12.4 Å². The monoisotopic (exact) mass is 308 g/mol. The average molecular weight is 309 g/mol. The molecular weight excluding hydrogens is 280 g/mol. The lowest BCUT2D eigenvalue weighted by molar-refractivity contribution is 0.194. The largest absolute Gasteiger partial charge is 0.317 e. The van der Waals surface area contributed by atoms with Crippen LogP contribution < -0.4 is 5.32 Å². The molecule has 0 saturated carbocycles. The number of halogens is 1. The highest BCUT2D eigenvalue weighted by atomic mass is 35.5. The Kier molecular flexibility index (Phi) is 6.09. The van der Waals surface area contributed by atoms with E-state index in [1.165, 1.54) is 69.4 Å². The van der Waals surface area contributed by atoms with Crippen molar-refractivity contribution in [3.63, 3.8) is 0 Å². The molecule has 0 aromatic heterocycles. The van der Waals surface area contributed by atoms with Gasteiger partial charge in [0.15, 0.2) is 0 Å². The van der Waals surface area contributed by atoms with E-state index in [1.54, 1.807) is 0 Å². The van der Waals surface area contributed by atoms with Crippen LogP contribution >= 0.6 is 12.4 Å². The van der Waals surface area contributed by atoms with Crippen LogP contribution in [0.2, 0.25) is 0 Å². The Balaban J connectivity index is 0.00000161. The van der Waals surface area contributed by atoms with Gasteiger partial charge in [-0.2, -0.15) is 0 Å². The summed E-state index contributed by atoms with van der Waals surface area (Å²) < 4.78 is 0. The zero-order chi connectivity index (χ0) is 13.8. The molecule has 3 rings (SSSR count). The maximum absolute atomic E-state index is 3.50. The lowest BCUT2D eigenvalue weighted by Gasteiger charge is -2.34. The van der Waals surface area contributed by atoms with Crippen molar-refractivity contribution in [3.8, 4) is 0 Å². The normalized spacial score (nSPS) is 21.4. The number of piperidine rings is 1. The molecule has 118 valence electrons. The van der Waals surface area contributed by atoms with Crippen LogP contribution in [0, 0.1) is 5.41 Å². The molecule has 2 fully saturated rings. The Morgan fingerprint density at radius 3 is 2.67 bits per heavy atom. The first kappa shape index (κ1) is 16.8. The fourth-order valence-electron chi connectivity index (χ4n) is 3.96. The van der Waals surface area contributed by atoms with Crippen molar-refractivity contribution >= 4 is 12.4 Å². The van der Waals surface area contributed by atoms with E-state index in [0.717, 1.165) is 6.54 Å². The van der Waals surface area contributed by atoms with Gasteiger partial charge < -0.3 is 5.32 Å². The molecule has 1 spiro atoms. The van der Waals surface area contributed by atoms with Crippen LogP contribution in [0.5, 0.6) is 0 Å². The van der Waals surface area contributed by atoms with Gasteiger partial charge in [-0.3, -0.25) is 4.90 Å². The summed E-state index contributed by atoms with van der Waals surface area (Å²) in [6.45, 7) is 8.45. The molecule has 0 radical (unpaired) electrons. The molecule has 1 aromatic rings. The molecule has 1 N–H and O–H groups in total. The number of nitrogens with zero attached hydrogens (tertiary/aromatic N) is 1. The molecule has 0 atom stereocenters. The number of nitrogens with one attached hydrogen (secondary N) is 1. The van der Waals surface area contributed by atoms with E-state index in [4.69, 9.17) is 0 Å². The van der Waals surface area contributed by atoms with E-state index in [1.807, 2.05) is 0 Å². The summed E-state index contributed by atoms with van der Waals surface area (Å²) in [6.07, 6.45) is 6.61. The van der Waals surface area contributed by atoms with Gasteiger partial charge in [-0.25, -0.2) is 0 Å². The van der Waals surface area contributed by atoms with Crippen molar-refractivity contribution in [3.05, 3.63) is 35.4 Å². The van der Waals surface area contributed by atoms with Crippen LogP contribution in [0.25, 0.3) is 0 Å². The Labute approximate surface area is 135 Å². The van der Waals surface area contributed by atoms with Crippen LogP contribution in [-0.2, 0) is 13.0 Å². The first-order chi connectivity index (χ1) is 9.80. The summed E-state index contributed by atoms with van der Waals surface area (Å²) in [4.78, 5) is 2.68. The molecule has 0 unspecified atom stereocenters. The predicted octanol–water partition coefficient (Wildman–Crippen LogP) is 3.64. The summed E-state index contributed by atoms with van der Waals surface area (Å²) in [6, 6.07) is 9.21. The molecule has 0 aliphatic carbocycles. The third kappa shape index (κ3) is 4.21. The van der Waals surface area contributed by atoms with E-state index in [9.17, 15) is 0 Å². The molecule has 0 bridgehead atoms. The van der Waals surface area contributed by atoms with Gasteiger partial charge in [0.1, 0.15) is 0 Å². The summed E-state index contributed by atoms with van der Waals surface area (Å²) in [5, 5.41) is 3.50. The summed E-state index contributed by atoms with van der Waals surface area (Å²) in [7, 11) is 0. The lowest BCUT2D eigenvalue weighted by Crippen LogP contribution is -2.38. The highest BCUT2D eigenvalue weighted by Crippen LogP contribution is 2.38. The zero-order valence-corrected chi connectivity index (χ0v) is 14.1. The van der Waals surface area contributed by atoms with Gasteiger partial charge in [0, 0.05) is 13.1 Å². The van der Waals surface area contributed by atoms with Crippen molar-refractivity contribution in [1.82, 2.24) is 10.2 Å². The first-order valence-corrected chi connectivity index (χ1v) is 8.31. The predicted molar refractivity (Wildman–Crippen MR) is 92.1 cm³/mol. The Morgan fingerprint density at radius 1 is 1.14 bits per heavy atom. The number of hydrogen-bond donors (Lipinski definition) is 1. The minimum Gasteiger partial charge on any atom is -0.317 e. The minimum atomic E-state index is 0. The molecule has 21 heavy (non-hydrogen) atoms. The highest BCUT2D eigenvalue weighted by Gasteiger charge is 2.38. The fraction of sp³-hybridized carbons (Fsp3) is 0.667. The lowest BCUT2D eigenvalue weighted by atomic mass is 9.78. The molecule has 2 nitrogen and oxygen atoms in total. The van der Waals surface area contributed by atoms with Gasteiger partial charge in [0.05, 0.1) is 0 Å². The van der Waals surface area contributed by atoms with E-state index in [2.05, 4.69) is 41.4 Å². The second-order valence-corrected chi connectivity index (χ2v) is 6.78. The molecule has 2 aliphatic rings. The zero-order valence-electron chi connectivity index (χ0n) is 13.2. The quantitative estimate of drug-likeness (QED) is 0.913. The smallest absolute Gasteiger partial charge is 0.0234 e. The summed E-state index contributed by atoms with van der Waals surface area (Å²) >= 11 is 0. The number of likely N-dealkylation sites (tertiary alicyclic amines) is 1. The van der Waals surface area contributed by atoms with Gasteiger partial charge in [-0.15, -0.1) is 12.4 Å².